The van der Waals surface area contributed by atoms with Gasteiger partial charge in [0.15, 0.2) is 0 Å². The molecule has 0 fully saturated rings. The molecule has 0 bridgehead atoms. The number of hydrogen-bond acceptors (Lipinski definition) is 3. The molecule has 0 heterocycles. The molecule has 1 amide bonds. The minimum absolute atomic E-state index is 0.0648. The minimum atomic E-state index is -0.100. The molecule has 4 nitrogen and oxygen atoms in total. The van der Waals surface area contributed by atoms with E-state index in [0.29, 0.717) is 12.5 Å². The van der Waals surface area contributed by atoms with Gasteiger partial charge in [0.05, 0.1) is 0 Å². The number of rotatable bonds is 7. The third kappa shape index (κ3) is 6.80. The van der Waals surface area contributed by atoms with Crippen molar-refractivity contribution in [3.05, 3.63) is 0 Å². The molecular weight excluding hydrogens is 202 g/mol. The van der Waals surface area contributed by atoms with Gasteiger partial charge < -0.3 is 16.0 Å². The number of amides is 1. The fourth-order valence-corrected chi connectivity index (χ4v) is 1.64. The maximum absolute atomic E-state index is 11.7. The van der Waals surface area contributed by atoms with Crippen LogP contribution < -0.4 is 11.1 Å². The van der Waals surface area contributed by atoms with Crippen molar-refractivity contribution in [1.82, 2.24) is 10.2 Å². The Labute approximate surface area is 99.6 Å². The lowest BCUT2D eigenvalue weighted by molar-refractivity contribution is -0.125. The predicted octanol–water partition coefficient (Wildman–Crippen LogP) is 0.674. The van der Waals surface area contributed by atoms with Crippen molar-refractivity contribution >= 4 is 5.91 Å². The van der Waals surface area contributed by atoms with Crippen molar-refractivity contribution in [2.75, 3.05) is 27.2 Å². The number of nitrogens with two attached hydrogens (primary N) is 1. The first-order valence-electron chi connectivity index (χ1n) is 6.02. The second kappa shape index (κ2) is 7.63. The van der Waals surface area contributed by atoms with Gasteiger partial charge in [0, 0.05) is 25.0 Å². The topological polar surface area (TPSA) is 58.4 Å². The number of carbonyl (C=O) groups is 1. The highest BCUT2D eigenvalue weighted by Crippen LogP contribution is 2.06. The first-order chi connectivity index (χ1) is 7.36. The van der Waals surface area contributed by atoms with Crippen molar-refractivity contribution in [1.29, 1.82) is 0 Å². The van der Waals surface area contributed by atoms with E-state index in [1.54, 1.807) is 0 Å². The first-order valence-corrected chi connectivity index (χ1v) is 6.02. The number of nitrogens with one attached hydrogen (secondary N) is 1. The van der Waals surface area contributed by atoms with Crippen LogP contribution in [0.25, 0.3) is 0 Å². The molecule has 0 aromatic carbocycles. The van der Waals surface area contributed by atoms with E-state index in [1.165, 1.54) is 0 Å². The van der Waals surface area contributed by atoms with Gasteiger partial charge in [-0.2, -0.15) is 0 Å². The highest BCUT2D eigenvalue weighted by Gasteiger charge is 2.18. The van der Waals surface area contributed by atoms with Gasteiger partial charge in [-0.15, -0.1) is 0 Å². The van der Waals surface area contributed by atoms with Crippen LogP contribution in [0.1, 0.15) is 27.2 Å². The lowest BCUT2D eigenvalue weighted by atomic mass is 10.0. The second-order valence-electron chi connectivity index (χ2n) is 5.23. The van der Waals surface area contributed by atoms with Gasteiger partial charge in [-0.3, -0.25) is 4.79 Å². The SMILES string of the molecule is CC(C)CC(CN(C)C)NC(=O)C(C)CN. The van der Waals surface area contributed by atoms with Crippen molar-refractivity contribution in [2.24, 2.45) is 17.6 Å². The Morgan fingerprint density at radius 3 is 2.25 bits per heavy atom. The summed E-state index contributed by atoms with van der Waals surface area (Å²) in [7, 11) is 4.04. The monoisotopic (exact) mass is 229 g/mol. The summed E-state index contributed by atoms with van der Waals surface area (Å²) in [5, 5.41) is 3.07. The zero-order valence-electron chi connectivity index (χ0n) is 11.3. The minimum Gasteiger partial charge on any atom is -0.352 e. The predicted molar refractivity (Wildman–Crippen MR) is 68.2 cm³/mol. The zero-order chi connectivity index (χ0) is 12.7. The van der Waals surface area contributed by atoms with Gasteiger partial charge in [0.1, 0.15) is 0 Å². The Kier molecular flexibility index (Phi) is 7.34. The third-order valence-electron chi connectivity index (χ3n) is 2.49. The van der Waals surface area contributed by atoms with E-state index >= 15 is 0 Å². The lowest BCUT2D eigenvalue weighted by Gasteiger charge is -2.25. The van der Waals surface area contributed by atoms with Gasteiger partial charge in [0.25, 0.3) is 0 Å². The van der Waals surface area contributed by atoms with Crippen molar-refractivity contribution in [2.45, 2.75) is 33.2 Å². The Bertz CT molecular complexity index is 194. The van der Waals surface area contributed by atoms with E-state index in [2.05, 4.69) is 24.1 Å². The van der Waals surface area contributed by atoms with Crippen molar-refractivity contribution in [3.8, 4) is 0 Å². The molecule has 2 atom stereocenters. The maximum atomic E-state index is 11.7. The standard InChI is InChI=1S/C12H27N3O/c1-9(2)6-11(8-15(4)5)14-12(16)10(3)7-13/h9-11H,6-8,13H2,1-5H3,(H,14,16). The summed E-state index contributed by atoms with van der Waals surface area (Å²) >= 11 is 0. The molecule has 3 N–H and O–H groups in total. The van der Waals surface area contributed by atoms with E-state index in [-0.39, 0.29) is 17.9 Å². The van der Waals surface area contributed by atoms with Gasteiger partial charge in [-0.25, -0.2) is 0 Å². The maximum Gasteiger partial charge on any atom is 0.224 e. The molecule has 0 saturated carbocycles. The van der Waals surface area contributed by atoms with Crippen LogP contribution in [-0.4, -0.2) is 44.0 Å². The fourth-order valence-electron chi connectivity index (χ4n) is 1.64. The molecule has 0 aliphatic carbocycles. The summed E-state index contributed by atoms with van der Waals surface area (Å²) in [5.41, 5.74) is 5.48. The van der Waals surface area contributed by atoms with Crippen LogP contribution in [-0.2, 0) is 4.79 Å². The molecule has 2 unspecified atom stereocenters. The number of nitrogens with zero attached hydrogens (tertiary/aromatic N) is 1. The summed E-state index contributed by atoms with van der Waals surface area (Å²) in [4.78, 5) is 13.8. The third-order valence-corrected chi connectivity index (χ3v) is 2.49. The van der Waals surface area contributed by atoms with Crippen LogP contribution in [0.4, 0.5) is 0 Å². The number of hydrogen-bond donors (Lipinski definition) is 2. The molecule has 0 spiro atoms. The van der Waals surface area contributed by atoms with Crippen molar-refractivity contribution in [3.63, 3.8) is 0 Å². The van der Waals surface area contributed by atoms with E-state index in [0.717, 1.165) is 13.0 Å². The van der Waals surface area contributed by atoms with E-state index in [1.807, 2.05) is 21.0 Å². The molecule has 0 aromatic rings. The first kappa shape index (κ1) is 15.4. The molecule has 0 saturated heterocycles. The van der Waals surface area contributed by atoms with Gasteiger partial charge >= 0.3 is 0 Å². The Hall–Kier alpha value is -0.610. The van der Waals surface area contributed by atoms with Gasteiger partial charge in [-0.05, 0) is 26.4 Å². The number of carbonyl (C=O) groups excluding carboxylic acids is 1. The van der Waals surface area contributed by atoms with Gasteiger partial charge in [0.2, 0.25) is 5.91 Å². The average Bonchev–Trinajstić information content (AvgIpc) is 2.14. The van der Waals surface area contributed by atoms with Gasteiger partial charge in [-0.1, -0.05) is 20.8 Å². The van der Waals surface area contributed by atoms with E-state index in [9.17, 15) is 4.79 Å². The summed E-state index contributed by atoms with van der Waals surface area (Å²) in [6, 6.07) is 0.219. The molecular formula is C12H27N3O. The second-order valence-corrected chi connectivity index (χ2v) is 5.23. The summed E-state index contributed by atoms with van der Waals surface area (Å²) in [6.45, 7) is 7.48. The molecule has 0 aliphatic rings. The molecule has 16 heavy (non-hydrogen) atoms. The lowest BCUT2D eigenvalue weighted by Crippen LogP contribution is -2.45. The summed E-state index contributed by atoms with van der Waals surface area (Å²) in [6.07, 6.45) is 1.00. The van der Waals surface area contributed by atoms with Crippen molar-refractivity contribution < 1.29 is 4.79 Å². The van der Waals surface area contributed by atoms with Crippen LogP contribution in [0.5, 0.6) is 0 Å². The molecule has 96 valence electrons. The largest absolute Gasteiger partial charge is 0.352 e. The molecule has 0 radical (unpaired) electrons. The normalized spacial score (nSPS) is 15.2. The van der Waals surface area contributed by atoms with Crippen LogP contribution in [0.15, 0.2) is 0 Å². The van der Waals surface area contributed by atoms with Crippen LogP contribution in [0.3, 0.4) is 0 Å². The van der Waals surface area contributed by atoms with Crippen LogP contribution in [0.2, 0.25) is 0 Å². The van der Waals surface area contributed by atoms with Crippen LogP contribution >= 0.6 is 0 Å². The van der Waals surface area contributed by atoms with E-state index in [4.69, 9.17) is 5.73 Å². The quantitative estimate of drug-likeness (QED) is 0.675. The Morgan fingerprint density at radius 1 is 1.31 bits per heavy atom. The Balaban J connectivity index is 4.24. The number of likely N-dealkylation sites (N-methyl/N-ethyl adjacent to an activating group) is 1. The Morgan fingerprint density at radius 2 is 1.88 bits per heavy atom. The van der Waals surface area contributed by atoms with Crippen LogP contribution in [0, 0.1) is 11.8 Å². The smallest absolute Gasteiger partial charge is 0.224 e. The fraction of sp³-hybridized carbons (Fsp3) is 0.917. The molecule has 0 aliphatic heterocycles. The molecule has 0 rings (SSSR count). The summed E-state index contributed by atoms with van der Waals surface area (Å²) < 4.78 is 0. The van der Waals surface area contributed by atoms with E-state index < -0.39 is 0 Å². The molecule has 4 heteroatoms. The summed E-state index contributed by atoms with van der Waals surface area (Å²) in [5.74, 6) is 0.547. The highest BCUT2D eigenvalue weighted by molar-refractivity contribution is 5.78. The highest BCUT2D eigenvalue weighted by atomic mass is 16.1. The average molecular weight is 229 g/mol. The zero-order valence-corrected chi connectivity index (χ0v) is 11.3. The molecule has 0 aromatic heterocycles.